The van der Waals surface area contributed by atoms with Crippen LogP contribution in [0, 0.1) is 0 Å². The average molecular weight is 432 g/mol. The summed E-state index contributed by atoms with van der Waals surface area (Å²) in [4.78, 5) is 24.2. The Morgan fingerprint density at radius 2 is 1.86 bits per heavy atom. The lowest BCUT2D eigenvalue weighted by molar-refractivity contribution is -0.113. The van der Waals surface area contributed by atoms with Crippen LogP contribution in [0.2, 0.25) is 5.02 Å². The summed E-state index contributed by atoms with van der Waals surface area (Å²) in [6.07, 6.45) is 0. The van der Waals surface area contributed by atoms with Crippen LogP contribution in [0.4, 0.5) is 5.69 Å². The molecule has 0 radical (unpaired) electrons. The van der Waals surface area contributed by atoms with Crippen molar-refractivity contribution in [1.29, 1.82) is 0 Å². The predicted octanol–water partition coefficient (Wildman–Crippen LogP) is 4.05. The number of nitrogens with zero attached hydrogens (tertiary/aromatic N) is 2. The van der Waals surface area contributed by atoms with Crippen molar-refractivity contribution in [2.24, 2.45) is 0 Å². The Labute approximate surface area is 174 Å². The number of ketones is 1. The van der Waals surface area contributed by atoms with Crippen LogP contribution in [-0.4, -0.2) is 34.4 Å². The average Bonchev–Trinajstić information content (AvgIpc) is 3.35. The Hall–Kier alpha value is -3.04. The molecule has 8 nitrogen and oxygen atoms in total. The molecular weight excluding hydrogens is 418 g/mol. The van der Waals surface area contributed by atoms with Crippen LogP contribution in [0.15, 0.2) is 46.0 Å². The second kappa shape index (κ2) is 8.14. The molecule has 0 unspecified atom stereocenters. The van der Waals surface area contributed by atoms with Crippen molar-refractivity contribution >= 4 is 40.7 Å². The molecule has 0 spiro atoms. The van der Waals surface area contributed by atoms with E-state index in [0.29, 0.717) is 33.7 Å². The number of benzene rings is 2. The monoisotopic (exact) mass is 431 g/mol. The van der Waals surface area contributed by atoms with E-state index in [9.17, 15) is 9.59 Å². The van der Waals surface area contributed by atoms with Crippen LogP contribution in [0.3, 0.4) is 0 Å². The first-order valence-electron chi connectivity index (χ1n) is 8.46. The number of hydrogen-bond acceptors (Lipinski definition) is 8. The van der Waals surface area contributed by atoms with E-state index < -0.39 is 0 Å². The number of carbonyl (C=O) groups is 2. The maximum Gasteiger partial charge on any atom is 0.277 e. The zero-order valence-electron chi connectivity index (χ0n) is 15.1. The smallest absolute Gasteiger partial charge is 0.277 e. The molecule has 0 saturated carbocycles. The number of rotatable bonds is 6. The number of fused-ring (bicyclic) bond motifs is 1. The first-order valence-corrected chi connectivity index (χ1v) is 9.82. The lowest BCUT2D eigenvalue weighted by atomic mass is 10.1. The highest BCUT2D eigenvalue weighted by molar-refractivity contribution is 7.99. The first-order chi connectivity index (χ1) is 14.0. The quantitative estimate of drug-likeness (QED) is 0.460. The molecule has 148 valence electrons. The van der Waals surface area contributed by atoms with Crippen LogP contribution in [-0.2, 0) is 4.79 Å². The van der Waals surface area contributed by atoms with Crippen LogP contribution in [0.25, 0.3) is 11.5 Å². The molecule has 1 N–H and O–H groups in total. The van der Waals surface area contributed by atoms with Gasteiger partial charge in [-0.25, -0.2) is 0 Å². The van der Waals surface area contributed by atoms with E-state index in [1.807, 2.05) is 0 Å². The maximum absolute atomic E-state index is 12.4. The molecule has 0 bridgehead atoms. The zero-order valence-corrected chi connectivity index (χ0v) is 16.7. The summed E-state index contributed by atoms with van der Waals surface area (Å²) in [5, 5.41) is 11.5. The van der Waals surface area contributed by atoms with Gasteiger partial charge in [-0.2, -0.15) is 0 Å². The molecular formula is C19H14ClN3O5S. The number of aromatic nitrogens is 2. The molecule has 3 aromatic rings. The van der Waals surface area contributed by atoms with Crippen molar-refractivity contribution < 1.29 is 23.5 Å². The number of Topliss-reactive ketones (excluding diaryl/α,β-unsaturated/α-hetero) is 1. The third-order valence-electron chi connectivity index (χ3n) is 3.99. The minimum Gasteiger partial charge on any atom is -0.454 e. The minimum absolute atomic E-state index is 0.0219. The summed E-state index contributed by atoms with van der Waals surface area (Å²) in [5.74, 6) is 0.775. The van der Waals surface area contributed by atoms with E-state index >= 15 is 0 Å². The number of nitrogens with one attached hydrogen (secondary N) is 1. The van der Waals surface area contributed by atoms with Crippen LogP contribution in [0.1, 0.15) is 17.3 Å². The van der Waals surface area contributed by atoms with Gasteiger partial charge in [0.15, 0.2) is 17.3 Å². The first kappa shape index (κ1) is 19.3. The van der Waals surface area contributed by atoms with Gasteiger partial charge in [0.1, 0.15) is 0 Å². The maximum atomic E-state index is 12.4. The number of halogens is 1. The van der Waals surface area contributed by atoms with E-state index in [2.05, 4.69) is 15.5 Å². The normalized spacial score (nSPS) is 12.1. The van der Waals surface area contributed by atoms with Crippen molar-refractivity contribution in [2.45, 2.75) is 12.1 Å². The van der Waals surface area contributed by atoms with E-state index in [0.717, 1.165) is 17.3 Å². The van der Waals surface area contributed by atoms with Gasteiger partial charge in [0.25, 0.3) is 5.22 Å². The van der Waals surface area contributed by atoms with Crippen LogP contribution in [0.5, 0.6) is 11.5 Å². The zero-order chi connectivity index (χ0) is 20.4. The molecule has 4 rings (SSSR count). The third-order valence-corrected chi connectivity index (χ3v) is 5.06. The second-order valence-corrected chi connectivity index (χ2v) is 7.39. The third kappa shape index (κ3) is 4.36. The van der Waals surface area contributed by atoms with Crippen molar-refractivity contribution in [3.63, 3.8) is 0 Å². The molecule has 2 aromatic carbocycles. The molecule has 0 atom stereocenters. The molecule has 2 heterocycles. The Balaban J connectivity index is 1.41. The SMILES string of the molecule is CC(=O)c1cc2c(cc1NC(=O)CSc1nnc(-c3ccc(Cl)cc3)o1)OCO2. The number of thioether (sulfide) groups is 1. The van der Waals surface area contributed by atoms with Gasteiger partial charge in [-0.1, -0.05) is 23.4 Å². The van der Waals surface area contributed by atoms with Gasteiger partial charge >= 0.3 is 0 Å². The highest BCUT2D eigenvalue weighted by atomic mass is 35.5. The molecule has 1 aromatic heterocycles. The van der Waals surface area contributed by atoms with Crippen LogP contribution < -0.4 is 14.8 Å². The molecule has 0 fully saturated rings. The van der Waals surface area contributed by atoms with Gasteiger partial charge in [0.2, 0.25) is 18.6 Å². The molecule has 0 aliphatic carbocycles. The van der Waals surface area contributed by atoms with Crippen molar-refractivity contribution in [1.82, 2.24) is 10.2 Å². The Morgan fingerprint density at radius 3 is 2.59 bits per heavy atom. The molecule has 1 aliphatic rings. The van der Waals surface area contributed by atoms with Crippen molar-refractivity contribution in [3.8, 4) is 23.0 Å². The summed E-state index contributed by atoms with van der Waals surface area (Å²) in [7, 11) is 0. The summed E-state index contributed by atoms with van der Waals surface area (Å²) >= 11 is 6.95. The number of ether oxygens (including phenoxy) is 2. The summed E-state index contributed by atoms with van der Waals surface area (Å²) in [6, 6.07) is 10.1. The van der Waals surface area contributed by atoms with Crippen molar-refractivity contribution in [2.75, 3.05) is 17.9 Å². The van der Waals surface area contributed by atoms with E-state index in [-0.39, 0.29) is 29.5 Å². The highest BCUT2D eigenvalue weighted by Gasteiger charge is 2.20. The fraction of sp³-hybridized carbons (Fsp3) is 0.158. The molecule has 1 aliphatic heterocycles. The van der Waals surface area contributed by atoms with Gasteiger partial charge in [-0.15, -0.1) is 10.2 Å². The molecule has 1 amide bonds. The van der Waals surface area contributed by atoms with Crippen molar-refractivity contribution in [3.05, 3.63) is 47.0 Å². The van der Waals surface area contributed by atoms with E-state index in [1.54, 1.807) is 36.4 Å². The van der Waals surface area contributed by atoms with Gasteiger partial charge < -0.3 is 19.2 Å². The van der Waals surface area contributed by atoms with E-state index in [1.165, 1.54) is 6.92 Å². The van der Waals surface area contributed by atoms with Gasteiger partial charge in [-0.3, -0.25) is 9.59 Å². The Bertz CT molecular complexity index is 1080. The topological polar surface area (TPSA) is 104 Å². The summed E-state index contributed by atoms with van der Waals surface area (Å²) in [5.41, 5.74) is 1.43. The van der Waals surface area contributed by atoms with Gasteiger partial charge in [0.05, 0.1) is 11.4 Å². The van der Waals surface area contributed by atoms with E-state index in [4.69, 9.17) is 25.5 Å². The minimum atomic E-state index is -0.331. The lowest BCUT2D eigenvalue weighted by Gasteiger charge is -2.10. The largest absolute Gasteiger partial charge is 0.454 e. The fourth-order valence-electron chi connectivity index (χ4n) is 2.63. The number of anilines is 1. The van der Waals surface area contributed by atoms with Gasteiger partial charge in [0, 0.05) is 22.2 Å². The molecule has 0 saturated heterocycles. The molecule has 29 heavy (non-hydrogen) atoms. The predicted molar refractivity (Wildman–Crippen MR) is 107 cm³/mol. The Kier molecular flexibility index (Phi) is 5.41. The highest BCUT2D eigenvalue weighted by Crippen LogP contribution is 2.37. The number of carbonyl (C=O) groups excluding carboxylic acids is 2. The van der Waals surface area contributed by atoms with Crippen LogP contribution >= 0.6 is 23.4 Å². The standard InChI is InChI=1S/C19H14ClN3O5S/c1-10(24)13-6-15-16(27-9-26-15)7-14(13)21-17(25)8-29-19-23-22-18(28-19)11-2-4-12(20)5-3-11/h2-7H,8-9H2,1H3,(H,21,25). The second-order valence-electron chi connectivity index (χ2n) is 6.02. The summed E-state index contributed by atoms with van der Waals surface area (Å²) in [6.45, 7) is 1.49. The molecule has 10 heteroatoms. The number of hydrogen-bond donors (Lipinski definition) is 1. The summed E-state index contributed by atoms with van der Waals surface area (Å²) < 4.78 is 16.1. The lowest BCUT2D eigenvalue weighted by Crippen LogP contribution is -2.16. The Morgan fingerprint density at radius 1 is 1.14 bits per heavy atom. The number of amides is 1. The van der Waals surface area contributed by atoms with Gasteiger partial charge in [-0.05, 0) is 37.3 Å². The fourth-order valence-corrected chi connectivity index (χ4v) is 3.32.